The Morgan fingerprint density at radius 1 is 1.27 bits per heavy atom. The molecule has 124 valence electrons. The summed E-state index contributed by atoms with van der Waals surface area (Å²) in [5.41, 5.74) is 0.538. The molecule has 0 heterocycles. The van der Waals surface area contributed by atoms with Crippen LogP contribution in [0.2, 0.25) is 0 Å². The fourth-order valence-electron chi connectivity index (χ4n) is 5.66. The predicted molar refractivity (Wildman–Crippen MR) is 80.3 cm³/mol. The Labute approximate surface area is 130 Å². The summed E-state index contributed by atoms with van der Waals surface area (Å²) in [6.07, 6.45) is -0.0551. The highest BCUT2D eigenvalue weighted by Gasteiger charge is 2.87. The molecule has 0 saturated heterocycles. The van der Waals surface area contributed by atoms with Gasteiger partial charge in [-0.2, -0.15) is 13.2 Å². The molecule has 0 aliphatic heterocycles. The first-order valence-corrected chi connectivity index (χ1v) is 8.12. The van der Waals surface area contributed by atoms with Crippen molar-refractivity contribution in [2.24, 2.45) is 28.1 Å². The first-order valence-electron chi connectivity index (χ1n) is 8.12. The van der Waals surface area contributed by atoms with Crippen LogP contribution in [0.1, 0.15) is 53.9 Å². The number of halogens is 3. The van der Waals surface area contributed by atoms with Gasteiger partial charge < -0.3 is 5.11 Å². The van der Waals surface area contributed by atoms with Crippen molar-refractivity contribution in [3.63, 3.8) is 0 Å². The van der Waals surface area contributed by atoms with E-state index >= 15 is 0 Å². The highest BCUT2D eigenvalue weighted by molar-refractivity contribution is 5.61. The molecule has 3 aliphatic rings. The van der Waals surface area contributed by atoms with Crippen LogP contribution in [0.3, 0.4) is 0 Å². The van der Waals surface area contributed by atoms with E-state index < -0.39 is 11.9 Å². The summed E-state index contributed by atoms with van der Waals surface area (Å²) < 4.78 is 39.5. The molecule has 1 nitrogen and oxygen atoms in total. The zero-order valence-electron chi connectivity index (χ0n) is 13.9. The number of aliphatic hydroxyl groups is 1. The summed E-state index contributed by atoms with van der Waals surface area (Å²) in [7, 11) is 0. The molecule has 3 aliphatic carbocycles. The molecule has 22 heavy (non-hydrogen) atoms. The summed E-state index contributed by atoms with van der Waals surface area (Å²) in [6.45, 7) is 10.3. The fraction of sp³-hybridized carbons (Fsp3) is 0.778. The SMILES string of the molecule is CC(C)C/C=C1\C(=C(/O)C(F)(F)F)C2C(C)(C)C23CCC13C. The number of allylic oxidation sites excluding steroid dienone is 4. The molecule has 0 aromatic carbocycles. The predicted octanol–water partition coefficient (Wildman–Crippen LogP) is 5.79. The van der Waals surface area contributed by atoms with Crippen molar-refractivity contribution in [1.82, 2.24) is 0 Å². The van der Waals surface area contributed by atoms with Crippen LogP contribution >= 0.6 is 0 Å². The normalized spacial score (nSPS) is 43.0. The van der Waals surface area contributed by atoms with E-state index in [9.17, 15) is 18.3 Å². The fourth-order valence-corrected chi connectivity index (χ4v) is 5.66. The number of alkyl halides is 3. The van der Waals surface area contributed by atoms with E-state index in [4.69, 9.17) is 0 Å². The van der Waals surface area contributed by atoms with E-state index in [1.54, 1.807) is 0 Å². The van der Waals surface area contributed by atoms with E-state index in [0.717, 1.165) is 24.8 Å². The average Bonchev–Trinajstić information content (AvgIpc) is 2.84. The lowest BCUT2D eigenvalue weighted by molar-refractivity contribution is -0.121. The number of rotatable bonds is 2. The molecule has 0 aromatic rings. The molecule has 0 aromatic heterocycles. The zero-order chi connectivity index (χ0) is 16.7. The van der Waals surface area contributed by atoms with Crippen LogP contribution < -0.4 is 0 Å². The Morgan fingerprint density at radius 2 is 1.86 bits per heavy atom. The van der Waals surface area contributed by atoms with Crippen LogP contribution in [0, 0.1) is 28.1 Å². The third-order valence-electron chi connectivity index (χ3n) is 6.78. The molecular weight excluding hydrogens is 289 g/mol. The Hall–Kier alpha value is -0.930. The van der Waals surface area contributed by atoms with Gasteiger partial charge in [-0.1, -0.05) is 40.7 Å². The first kappa shape index (κ1) is 15.9. The van der Waals surface area contributed by atoms with Gasteiger partial charge in [-0.05, 0) is 47.0 Å². The van der Waals surface area contributed by atoms with Gasteiger partial charge in [0.2, 0.25) is 5.76 Å². The van der Waals surface area contributed by atoms with Gasteiger partial charge in [0.05, 0.1) is 0 Å². The van der Waals surface area contributed by atoms with Crippen molar-refractivity contribution in [2.75, 3.05) is 0 Å². The maximum atomic E-state index is 13.2. The zero-order valence-corrected chi connectivity index (χ0v) is 13.9. The molecule has 0 radical (unpaired) electrons. The van der Waals surface area contributed by atoms with Gasteiger partial charge >= 0.3 is 6.18 Å². The molecule has 3 rings (SSSR count). The van der Waals surface area contributed by atoms with Crippen molar-refractivity contribution in [2.45, 2.75) is 60.1 Å². The number of hydrogen-bond donors (Lipinski definition) is 1. The second-order valence-corrected chi connectivity index (χ2v) is 8.47. The van der Waals surface area contributed by atoms with E-state index in [1.165, 1.54) is 0 Å². The summed E-state index contributed by atoms with van der Waals surface area (Å²) in [5.74, 6) is -1.11. The lowest BCUT2D eigenvalue weighted by atomic mass is 9.53. The van der Waals surface area contributed by atoms with Crippen LogP contribution in [-0.2, 0) is 0 Å². The smallest absolute Gasteiger partial charge is 0.448 e. The van der Waals surface area contributed by atoms with Crippen molar-refractivity contribution in [3.8, 4) is 0 Å². The third-order valence-corrected chi connectivity index (χ3v) is 6.78. The first-order chi connectivity index (χ1) is 9.91. The van der Waals surface area contributed by atoms with Crippen LogP contribution in [0.15, 0.2) is 23.0 Å². The lowest BCUT2D eigenvalue weighted by Gasteiger charge is -2.50. The monoisotopic (exact) mass is 314 g/mol. The summed E-state index contributed by atoms with van der Waals surface area (Å²) in [4.78, 5) is 0. The average molecular weight is 314 g/mol. The van der Waals surface area contributed by atoms with Crippen LogP contribution in [-0.4, -0.2) is 11.3 Å². The van der Waals surface area contributed by atoms with Gasteiger partial charge in [-0.3, -0.25) is 0 Å². The maximum absolute atomic E-state index is 13.2. The number of hydrogen-bond acceptors (Lipinski definition) is 1. The molecular formula is C18H25F3O. The Kier molecular flexibility index (Phi) is 2.99. The largest absolute Gasteiger partial charge is 0.504 e. The highest BCUT2D eigenvalue weighted by atomic mass is 19.4. The van der Waals surface area contributed by atoms with Gasteiger partial charge in [0.25, 0.3) is 0 Å². The summed E-state index contributed by atoms with van der Waals surface area (Å²) in [5, 5.41) is 9.94. The summed E-state index contributed by atoms with van der Waals surface area (Å²) >= 11 is 0. The van der Waals surface area contributed by atoms with Crippen molar-refractivity contribution in [3.05, 3.63) is 23.0 Å². The molecule has 4 heteroatoms. The molecule has 3 fully saturated rings. The van der Waals surface area contributed by atoms with E-state index in [1.807, 2.05) is 6.08 Å². The maximum Gasteiger partial charge on any atom is 0.448 e. The Balaban J connectivity index is 2.16. The minimum absolute atomic E-state index is 0.0720. The molecule has 0 bridgehead atoms. The van der Waals surface area contributed by atoms with Crippen LogP contribution in [0.25, 0.3) is 0 Å². The van der Waals surface area contributed by atoms with Gasteiger partial charge in [-0.25, -0.2) is 0 Å². The van der Waals surface area contributed by atoms with Gasteiger partial charge in [0, 0.05) is 11.5 Å². The van der Waals surface area contributed by atoms with Crippen LogP contribution in [0.5, 0.6) is 0 Å². The topological polar surface area (TPSA) is 20.2 Å². The number of aliphatic hydroxyl groups excluding tert-OH is 1. The van der Waals surface area contributed by atoms with Crippen molar-refractivity contribution < 1.29 is 18.3 Å². The van der Waals surface area contributed by atoms with Gasteiger partial charge in [-0.15, -0.1) is 0 Å². The van der Waals surface area contributed by atoms with E-state index in [-0.39, 0.29) is 27.7 Å². The van der Waals surface area contributed by atoms with E-state index in [2.05, 4.69) is 34.6 Å². The molecule has 3 saturated carbocycles. The standard InChI is InChI=1S/C18H25F3O/c1-10(2)6-7-11-12(14(22)18(19,20)21)13-15(3,4)17(13)9-8-16(11,17)5/h7,10,13,22H,6,8-9H2,1-5H3/b11-7+,14-12+. The van der Waals surface area contributed by atoms with Crippen molar-refractivity contribution in [1.29, 1.82) is 0 Å². The van der Waals surface area contributed by atoms with Gasteiger partial charge in [0.15, 0.2) is 0 Å². The second kappa shape index (κ2) is 4.12. The third kappa shape index (κ3) is 1.57. The van der Waals surface area contributed by atoms with Crippen LogP contribution in [0.4, 0.5) is 13.2 Å². The van der Waals surface area contributed by atoms with Crippen molar-refractivity contribution >= 4 is 0 Å². The molecule has 1 spiro atoms. The second-order valence-electron chi connectivity index (χ2n) is 8.47. The molecule has 3 unspecified atom stereocenters. The van der Waals surface area contributed by atoms with Gasteiger partial charge in [0.1, 0.15) is 0 Å². The lowest BCUT2D eigenvalue weighted by Crippen LogP contribution is -2.42. The minimum Gasteiger partial charge on any atom is -0.504 e. The molecule has 1 N–H and O–H groups in total. The molecule has 3 atom stereocenters. The van der Waals surface area contributed by atoms with E-state index in [0.29, 0.717) is 5.92 Å². The molecule has 0 amide bonds. The Bertz CT molecular complexity index is 582. The quantitative estimate of drug-likeness (QED) is 0.640. The Morgan fingerprint density at radius 3 is 2.27 bits per heavy atom. The highest BCUT2D eigenvalue weighted by Crippen LogP contribution is 2.93. The summed E-state index contributed by atoms with van der Waals surface area (Å²) in [6, 6.07) is 0. The minimum atomic E-state index is -4.66.